The lowest BCUT2D eigenvalue weighted by Crippen LogP contribution is -2.40. The van der Waals surface area contributed by atoms with Crippen LogP contribution in [0.15, 0.2) is 18.2 Å². The fraction of sp³-hybridized carbons (Fsp3) is 0.533. The van der Waals surface area contributed by atoms with Crippen LogP contribution in [-0.4, -0.2) is 45.0 Å². The number of nitrogens with zero attached hydrogens (tertiary/aromatic N) is 1. The van der Waals surface area contributed by atoms with E-state index >= 15 is 0 Å². The number of methoxy groups -OCH3 is 2. The molecule has 0 heterocycles. The summed E-state index contributed by atoms with van der Waals surface area (Å²) in [6.07, 6.45) is 0. The van der Waals surface area contributed by atoms with E-state index in [1.807, 2.05) is 12.1 Å². The van der Waals surface area contributed by atoms with Crippen LogP contribution in [0.25, 0.3) is 0 Å². The zero-order chi connectivity index (χ0) is 15.1. The summed E-state index contributed by atoms with van der Waals surface area (Å²) in [5, 5.41) is 0. The van der Waals surface area contributed by atoms with Crippen LogP contribution in [0.1, 0.15) is 18.1 Å². The molecule has 0 saturated heterocycles. The van der Waals surface area contributed by atoms with E-state index in [0.717, 1.165) is 23.4 Å². The molecule has 0 saturated carbocycles. The number of benzene rings is 1. The predicted molar refractivity (Wildman–Crippen MR) is 87.6 cm³/mol. The van der Waals surface area contributed by atoms with Crippen LogP contribution in [0, 0.1) is 6.92 Å². The molecule has 112 valence electrons. The number of anilines is 1. The van der Waals surface area contributed by atoms with Gasteiger partial charge in [0.05, 0.1) is 18.9 Å². The molecule has 1 rings (SSSR count). The van der Waals surface area contributed by atoms with Crippen molar-refractivity contribution < 1.29 is 9.47 Å². The van der Waals surface area contributed by atoms with Crippen molar-refractivity contribution in [1.82, 2.24) is 0 Å². The van der Waals surface area contributed by atoms with Gasteiger partial charge in [-0.15, -0.1) is 0 Å². The molecule has 0 aromatic heterocycles. The maximum atomic E-state index is 5.87. The monoisotopic (exact) mass is 296 g/mol. The largest absolute Gasteiger partial charge is 0.389 e. The number of hydrogen-bond donors (Lipinski definition) is 1. The van der Waals surface area contributed by atoms with E-state index in [1.54, 1.807) is 14.2 Å². The molecular weight excluding hydrogens is 272 g/mol. The Morgan fingerprint density at radius 3 is 2.60 bits per heavy atom. The highest BCUT2D eigenvalue weighted by molar-refractivity contribution is 7.80. The van der Waals surface area contributed by atoms with Crippen LogP contribution in [-0.2, 0) is 9.47 Å². The second-order valence-electron chi connectivity index (χ2n) is 4.83. The molecule has 0 bridgehead atoms. The lowest BCUT2D eigenvalue weighted by molar-refractivity contribution is 0.171. The van der Waals surface area contributed by atoms with Gasteiger partial charge in [0.25, 0.3) is 0 Å². The van der Waals surface area contributed by atoms with Gasteiger partial charge in [0.2, 0.25) is 0 Å². The van der Waals surface area contributed by atoms with E-state index in [2.05, 4.69) is 24.8 Å². The fourth-order valence-electron chi connectivity index (χ4n) is 2.31. The third-order valence-corrected chi connectivity index (χ3v) is 3.49. The first kappa shape index (κ1) is 16.9. The molecule has 20 heavy (non-hydrogen) atoms. The lowest BCUT2D eigenvalue weighted by Gasteiger charge is -2.33. The van der Waals surface area contributed by atoms with Crippen LogP contribution in [0.5, 0.6) is 0 Å². The second kappa shape index (κ2) is 8.19. The highest BCUT2D eigenvalue weighted by Gasteiger charge is 2.20. The summed E-state index contributed by atoms with van der Waals surface area (Å²) in [5.74, 6) is 0. The third-order valence-electron chi connectivity index (χ3n) is 3.27. The minimum atomic E-state index is 0.212. The van der Waals surface area contributed by atoms with Crippen molar-refractivity contribution in [2.75, 3.05) is 38.9 Å². The number of hydrogen-bond acceptors (Lipinski definition) is 4. The zero-order valence-electron chi connectivity index (χ0n) is 12.7. The molecule has 0 fully saturated rings. The topological polar surface area (TPSA) is 47.7 Å². The number of thiocarbonyl (C=S) groups is 1. The second-order valence-corrected chi connectivity index (χ2v) is 5.27. The number of nitrogens with two attached hydrogens (primary N) is 1. The summed E-state index contributed by atoms with van der Waals surface area (Å²) in [6, 6.07) is 6.22. The van der Waals surface area contributed by atoms with E-state index in [1.165, 1.54) is 0 Å². The van der Waals surface area contributed by atoms with Gasteiger partial charge in [-0.25, -0.2) is 0 Å². The Hall–Kier alpha value is -1.17. The van der Waals surface area contributed by atoms with E-state index in [-0.39, 0.29) is 6.04 Å². The Balaban J connectivity index is 3.21. The Labute approximate surface area is 126 Å². The molecule has 0 spiro atoms. The van der Waals surface area contributed by atoms with Crippen LogP contribution in [0.2, 0.25) is 0 Å². The van der Waals surface area contributed by atoms with Crippen molar-refractivity contribution in [2.24, 2.45) is 5.73 Å². The number of ether oxygens (including phenoxy) is 2. The van der Waals surface area contributed by atoms with Gasteiger partial charge in [-0.05, 0) is 25.5 Å². The van der Waals surface area contributed by atoms with Gasteiger partial charge in [0, 0.05) is 32.4 Å². The van der Waals surface area contributed by atoms with Crippen molar-refractivity contribution >= 4 is 22.9 Å². The normalized spacial score (nSPS) is 12.2. The Kier molecular flexibility index (Phi) is 6.91. The fourth-order valence-corrected chi connectivity index (χ4v) is 2.48. The molecule has 1 atom stereocenters. The van der Waals surface area contributed by atoms with Gasteiger partial charge in [0.15, 0.2) is 0 Å². The van der Waals surface area contributed by atoms with Crippen LogP contribution in [0.3, 0.4) is 0 Å². The molecule has 2 N–H and O–H groups in total. The van der Waals surface area contributed by atoms with Crippen molar-refractivity contribution in [2.45, 2.75) is 19.9 Å². The van der Waals surface area contributed by atoms with Gasteiger partial charge >= 0.3 is 0 Å². The summed E-state index contributed by atoms with van der Waals surface area (Å²) in [4.78, 5) is 2.66. The first-order chi connectivity index (χ1) is 9.52. The minimum absolute atomic E-state index is 0.212. The molecule has 0 amide bonds. The number of para-hydroxylation sites is 1. The molecule has 1 aromatic rings. The molecule has 1 unspecified atom stereocenters. The Morgan fingerprint density at radius 1 is 1.35 bits per heavy atom. The lowest BCUT2D eigenvalue weighted by atomic mass is 10.0. The molecule has 0 aliphatic rings. The highest BCUT2D eigenvalue weighted by atomic mass is 32.1. The standard InChI is InChI=1S/C15H24N2O2S/c1-11-6-5-7-13(15(16)20)14(11)17(8-9-18-3)12(2)10-19-4/h5-7,12H,8-10H2,1-4H3,(H2,16,20). The molecule has 0 aliphatic heterocycles. The highest BCUT2D eigenvalue weighted by Crippen LogP contribution is 2.27. The van der Waals surface area contributed by atoms with Crippen LogP contribution >= 0.6 is 12.2 Å². The summed E-state index contributed by atoms with van der Waals surface area (Å²) in [5.41, 5.74) is 8.99. The van der Waals surface area contributed by atoms with E-state index in [9.17, 15) is 0 Å². The summed E-state index contributed by atoms with van der Waals surface area (Å²) in [6.45, 7) is 6.22. The first-order valence-corrected chi connectivity index (χ1v) is 7.07. The summed E-state index contributed by atoms with van der Waals surface area (Å²) >= 11 is 5.18. The Bertz CT molecular complexity index is 451. The summed E-state index contributed by atoms with van der Waals surface area (Å²) < 4.78 is 10.5. The maximum absolute atomic E-state index is 5.87. The van der Waals surface area contributed by atoms with Gasteiger partial charge in [-0.2, -0.15) is 0 Å². The molecule has 1 aromatic carbocycles. The van der Waals surface area contributed by atoms with E-state index < -0.39 is 0 Å². The van der Waals surface area contributed by atoms with Crippen molar-refractivity contribution in [3.63, 3.8) is 0 Å². The number of aryl methyl sites for hydroxylation is 1. The van der Waals surface area contributed by atoms with Gasteiger partial charge in [0.1, 0.15) is 4.99 Å². The number of rotatable bonds is 8. The Morgan fingerprint density at radius 2 is 2.05 bits per heavy atom. The van der Waals surface area contributed by atoms with E-state index in [4.69, 9.17) is 27.4 Å². The molecule has 4 nitrogen and oxygen atoms in total. The third kappa shape index (κ3) is 4.16. The van der Waals surface area contributed by atoms with Crippen molar-refractivity contribution in [3.8, 4) is 0 Å². The minimum Gasteiger partial charge on any atom is -0.389 e. The molecule has 0 aliphatic carbocycles. The van der Waals surface area contributed by atoms with Gasteiger partial charge in [-0.1, -0.05) is 24.4 Å². The quantitative estimate of drug-likeness (QED) is 0.745. The van der Waals surface area contributed by atoms with Crippen molar-refractivity contribution in [1.29, 1.82) is 0 Å². The maximum Gasteiger partial charge on any atom is 0.106 e. The SMILES string of the molecule is COCCN(c1c(C)cccc1C(N)=S)C(C)COC. The van der Waals surface area contributed by atoms with Gasteiger partial charge in [-0.3, -0.25) is 0 Å². The summed E-state index contributed by atoms with van der Waals surface area (Å²) in [7, 11) is 3.41. The average Bonchev–Trinajstić information content (AvgIpc) is 2.40. The average molecular weight is 296 g/mol. The first-order valence-electron chi connectivity index (χ1n) is 6.66. The predicted octanol–water partition coefficient (Wildman–Crippen LogP) is 2.12. The molecular formula is C15H24N2O2S. The van der Waals surface area contributed by atoms with Crippen LogP contribution < -0.4 is 10.6 Å². The van der Waals surface area contributed by atoms with Crippen LogP contribution in [0.4, 0.5) is 5.69 Å². The smallest absolute Gasteiger partial charge is 0.106 e. The van der Waals surface area contributed by atoms with E-state index in [0.29, 0.717) is 18.2 Å². The zero-order valence-corrected chi connectivity index (χ0v) is 13.5. The molecule has 5 heteroatoms. The van der Waals surface area contributed by atoms with Crippen molar-refractivity contribution in [3.05, 3.63) is 29.3 Å². The molecule has 0 radical (unpaired) electrons. The van der Waals surface area contributed by atoms with Gasteiger partial charge < -0.3 is 20.1 Å².